The molecule has 2 aromatic rings. The van der Waals surface area contributed by atoms with E-state index in [0.29, 0.717) is 11.5 Å². The Balaban J connectivity index is 2.06. The molecular weight excluding hydrogens is 366 g/mol. The highest BCUT2D eigenvalue weighted by Gasteiger charge is 2.18. The van der Waals surface area contributed by atoms with Crippen LogP contribution in [0.15, 0.2) is 35.4 Å². The summed E-state index contributed by atoms with van der Waals surface area (Å²) in [6.45, 7) is 3.56. The number of carbonyl (C=O) groups excluding carboxylic acids is 1. The number of methoxy groups -OCH3 is 2. The highest BCUT2D eigenvalue weighted by Crippen LogP contribution is 2.33. The first-order chi connectivity index (χ1) is 13.3. The zero-order valence-electron chi connectivity index (χ0n) is 16.0. The number of aryl methyl sites for hydroxylation is 2. The lowest BCUT2D eigenvalue weighted by Gasteiger charge is -2.09. The van der Waals surface area contributed by atoms with Gasteiger partial charge >= 0.3 is 0 Å². The van der Waals surface area contributed by atoms with E-state index in [1.165, 1.54) is 26.4 Å². The Labute approximate surface area is 162 Å². The maximum absolute atomic E-state index is 11.9. The Kier molecular flexibility index (Phi) is 6.91. The fraction of sp³-hybridized carbons (Fsp3) is 0.263. The van der Waals surface area contributed by atoms with Crippen molar-refractivity contribution >= 4 is 17.8 Å². The van der Waals surface area contributed by atoms with Crippen LogP contribution >= 0.6 is 0 Å². The van der Waals surface area contributed by atoms with Crippen molar-refractivity contribution in [3.8, 4) is 17.2 Å². The predicted octanol–water partition coefficient (Wildman–Crippen LogP) is 2.76. The van der Waals surface area contributed by atoms with Crippen molar-refractivity contribution in [2.75, 3.05) is 20.8 Å². The molecule has 148 valence electrons. The number of hydrogen-bond donors (Lipinski definition) is 1. The summed E-state index contributed by atoms with van der Waals surface area (Å²) in [6.07, 6.45) is 1.16. The molecule has 0 bridgehead atoms. The molecule has 2 rings (SSSR count). The topological polar surface area (TPSA) is 112 Å². The normalized spacial score (nSPS) is 10.6. The number of hydrazone groups is 1. The van der Waals surface area contributed by atoms with Gasteiger partial charge in [0, 0.05) is 0 Å². The number of ether oxygens (including phenoxy) is 3. The number of hydrogen-bond acceptors (Lipinski definition) is 7. The van der Waals surface area contributed by atoms with Gasteiger partial charge in [0.05, 0.1) is 37.0 Å². The zero-order chi connectivity index (χ0) is 20.7. The number of nitro benzene ring substituents is 1. The van der Waals surface area contributed by atoms with Crippen LogP contribution in [0.3, 0.4) is 0 Å². The lowest BCUT2D eigenvalue weighted by atomic mass is 10.1. The first kappa shape index (κ1) is 20.7. The van der Waals surface area contributed by atoms with Crippen molar-refractivity contribution < 1.29 is 23.9 Å². The molecule has 0 heterocycles. The average molecular weight is 387 g/mol. The minimum atomic E-state index is -0.575. The fourth-order valence-corrected chi connectivity index (χ4v) is 2.36. The second kappa shape index (κ2) is 9.36. The first-order valence-electron chi connectivity index (χ1n) is 8.28. The monoisotopic (exact) mass is 387 g/mol. The molecular formula is C19H21N3O6. The first-order valence-corrected chi connectivity index (χ1v) is 8.28. The van der Waals surface area contributed by atoms with E-state index in [1.54, 1.807) is 0 Å². The quantitative estimate of drug-likeness (QED) is 0.423. The number of amides is 1. The second-order valence-corrected chi connectivity index (χ2v) is 5.87. The number of rotatable bonds is 8. The summed E-state index contributed by atoms with van der Waals surface area (Å²) in [5.41, 5.74) is 4.11. The van der Waals surface area contributed by atoms with Crippen molar-refractivity contribution in [2.45, 2.75) is 13.8 Å². The molecule has 0 saturated heterocycles. The Bertz CT molecular complexity index is 911. The summed E-state index contributed by atoms with van der Waals surface area (Å²) in [5, 5.41) is 15.0. The van der Waals surface area contributed by atoms with Gasteiger partial charge in [-0.25, -0.2) is 5.43 Å². The summed E-state index contributed by atoms with van der Waals surface area (Å²) in [6, 6.07) is 8.31. The van der Waals surface area contributed by atoms with Crippen LogP contribution in [0.25, 0.3) is 0 Å². The molecule has 0 atom stereocenters. The summed E-state index contributed by atoms with van der Waals surface area (Å²) in [7, 11) is 2.79. The third kappa shape index (κ3) is 5.19. The summed E-state index contributed by atoms with van der Waals surface area (Å²) in [4.78, 5) is 22.6. The fourth-order valence-electron chi connectivity index (χ4n) is 2.36. The molecule has 0 aliphatic rings. The van der Waals surface area contributed by atoms with Gasteiger partial charge in [0.25, 0.3) is 11.6 Å². The van der Waals surface area contributed by atoms with Gasteiger partial charge in [-0.3, -0.25) is 14.9 Å². The van der Waals surface area contributed by atoms with Gasteiger partial charge in [0.2, 0.25) is 0 Å². The van der Waals surface area contributed by atoms with Crippen LogP contribution in [-0.2, 0) is 4.79 Å². The summed E-state index contributed by atoms with van der Waals surface area (Å²) in [5.74, 6) is 0.631. The second-order valence-electron chi connectivity index (χ2n) is 5.87. The molecule has 1 N–H and O–H groups in total. The number of nitrogens with one attached hydrogen (secondary N) is 1. The van der Waals surface area contributed by atoms with E-state index in [2.05, 4.69) is 10.5 Å². The van der Waals surface area contributed by atoms with Crippen molar-refractivity contribution in [3.63, 3.8) is 0 Å². The van der Waals surface area contributed by atoms with Crippen LogP contribution in [-0.4, -0.2) is 37.9 Å². The summed E-state index contributed by atoms with van der Waals surface area (Å²) < 4.78 is 15.7. The molecule has 9 heteroatoms. The van der Waals surface area contributed by atoms with Gasteiger partial charge in [-0.2, -0.15) is 5.10 Å². The van der Waals surface area contributed by atoms with Crippen LogP contribution in [0, 0.1) is 24.0 Å². The van der Waals surface area contributed by atoms with Crippen molar-refractivity contribution in [1.29, 1.82) is 0 Å². The standard InChI is InChI=1S/C19H21N3O6/c1-12-5-6-13(2)16(7-12)28-11-19(23)21-20-10-14-8-17(26-3)18(27-4)9-15(14)22(24)25/h5-10H,11H2,1-4H3,(H,21,23)/b20-10-. The van der Waals surface area contributed by atoms with Crippen LogP contribution in [0.2, 0.25) is 0 Å². The van der Waals surface area contributed by atoms with E-state index in [-0.39, 0.29) is 23.6 Å². The maximum atomic E-state index is 11.9. The van der Waals surface area contributed by atoms with Crippen LogP contribution in [0.4, 0.5) is 5.69 Å². The minimum Gasteiger partial charge on any atom is -0.493 e. The number of benzene rings is 2. The molecule has 9 nitrogen and oxygen atoms in total. The van der Waals surface area contributed by atoms with Gasteiger partial charge in [0.1, 0.15) is 5.75 Å². The maximum Gasteiger partial charge on any atom is 0.282 e. The Morgan fingerprint density at radius 1 is 1.14 bits per heavy atom. The number of nitrogens with zero attached hydrogens (tertiary/aromatic N) is 2. The molecule has 0 spiro atoms. The van der Waals surface area contributed by atoms with E-state index < -0.39 is 10.8 Å². The zero-order valence-corrected chi connectivity index (χ0v) is 16.0. The Morgan fingerprint density at radius 2 is 1.82 bits per heavy atom. The van der Waals surface area contributed by atoms with E-state index >= 15 is 0 Å². The van der Waals surface area contributed by atoms with Crippen LogP contribution < -0.4 is 19.6 Å². The molecule has 2 aromatic carbocycles. The molecule has 0 unspecified atom stereocenters. The van der Waals surface area contributed by atoms with Gasteiger partial charge in [-0.1, -0.05) is 12.1 Å². The van der Waals surface area contributed by atoms with Crippen molar-refractivity contribution in [2.24, 2.45) is 5.10 Å². The van der Waals surface area contributed by atoms with Crippen molar-refractivity contribution in [1.82, 2.24) is 5.43 Å². The van der Waals surface area contributed by atoms with Gasteiger partial charge in [-0.05, 0) is 37.1 Å². The smallest absolute Gasteiger partial charge is 0.282 e. The van der Waals surface area contributed by atoms with E-state index in [4.69, 9.17) is 14.2 Å². The van der Waals surface area contributed by atoms with E-state index in [0.717, 1.165) is 17.3 Å². The third-order valence-electron chi connectivity index (χ3n) is 3.82. The van der Waals surface area contributed by atoms with Crippen molar-refractivity contribution in [3.05, 3.63) is 57.1 Å². The highest BCUT2D eigenvalue weighted by atomic mass is 16.6. The molecule has 0 fully saturated rings. The van der Waals surface area contributed by atoms with Gasteiger partial charge < -0.3 is 14.2 Å². The highest BCUT2D eigenvalue weighted by molar-refractivity contribution is 5.88. The predicted molar refractivity (Wildman–Crippen MR) is 103 cm³/mol. The Hall–Kier alpha value is -3.62. The molecule has 0 aliphatic carbocycles. The molecule has 1 amide bonds. The van der Waals surface area contributed by atoms with Gasteiger partial charge in [0.15, 0.2) is 18.1 Å². The number of carbonyl (C=O) groups is 1. The van der Waals surface area contributed by atoms with Gasteiger partial charge in [-0.15, -0.1) is 0 Å². The van der Waals surface area contributed by atoms with E-state index in [1.807, 2.05) is 32.0 Å². The summed E-state index contributed by atoms with van der Waals surface area (Å²) >= 11 is 0. The van der Waals surface area contributed by atoms with Crippen LogP contribution in [0.5, 0.6) is 17.2 Å². The number of nitro groups is 1. The molecule has 0 aliphatic heterocycles. The van der Waals surface area contributed by atoms with E-state index in [9.17, 15) is 14.9 Å². The lowest BCUT2D eigenvalue weighted by Crippen LogP contribution is -2.24. The van der Waals surface area contributed by atoms with Crippen LogP contribution in [0.1, 0.15) is 16.7 Å². The molecule has 28 heavy (non-hydrogen) atoms. The third-order valence-corrected chi connectivity index (χ3v) is 3.82. The SMILES string of the molecule is COc1cc(/C=N\NC(=O)COc2cc(C)ccc2C)c([N+](=O)[O-])cc1OC. The lowest BCUT2D eigenvalue weighted by molar-refractivity contribution is -0.385. The molecule has 0 saturated carbocycles. The largest absolute Gasteiger partial charge is 0.493 e. The molecule has 0 aromatic heterocycles. The average Bonchev–Trinajstić information content (AvgIpc) is 2.67. The Morgan fingerprint density at radius 3 is 2.46 bits per heavy atom. The minimum absolute atomic E-state index is 0.151. The molecule has 0 radical (unpaired) electrons.